The minimum atomic E-state index is -3.47. The molecule has 1 aliphatic heterocycles. The number of hydrogen-bond acceptors (Lipinski definition) is 4. The lowest BCUT2D eigenvalue weighted by molar-refractivity contribution is -0.114. The predicted molar refractivity (Wildman–Crippen MR) is 100 cm³/mol. The molecule has 2 aromatic rings. The Balaban J connectivity index is 1.62. The normalized spacial score (nSPS) is 16.7. The summed E-state index contributed by atoms with van der Waals surface area (Å²) in [4.78, 5) is 12.7. The molecular formula is C18H22N2O3S2. The van der Waals surface area contributed by atoms with Crippen LogP contribution in [0.4, 0.5) is 5.69 Å². The molecule has 0 unspecified atom stereocenters. The molecule has 3 rings (SSSR count). The molecule has 1 fully saturated rings. The van der Waals surface area contributed by atoms with E-state index in [1.54, 1.807) is 39.9 Å². The summed E-state index contributed by atoms with van der Waals surface area (Å²) < 4.78 is 27.1. The molecule has 134 valence electrons. The van der Waals surface area contributed by atoms with Crippen molar-refractivity contribution in [1.82, 2.24) is 4.31 Å². The minimum Gasteiger partial charge on any atom is -0.326 e. The summed E-state index contributed by atoms with van der Waals surface area (Å²) in [6, 6.07) is 10.6. The van der Waals surface area contributed by atoms with Crippen LogP contribution in [0.1, 0.15) is 24.6 Å². The van der Waals surface area contributed by atoms with E-state index in [-0.39, 0.29) is 10.8 Å². The second-order valence-electron chi connectivity index (χ2n) is 6.34. The number of nitrogens with one attached hydrogen (secondary N) is 1. The highest BCUT2D eigenvalue weighted by Gasteiger charge is 2.29. The van der Waals surface area contributed by atoms with E-state index in [0.717, 1.165) is 19.3 Å². The topological polar surface area (TPSA) is 66.5 Å². The molecule has 0 saturated carbocycles. The van der Waals surface area contributed by atoms with E-state index in [9.17, 15) is 13.2 Å². The summed E-state index contributed by atoms with van der Waals surface area (Å²) in [6.07, 6.45) is 2.82. The standard InChI is InChI=1S/C18H22N2O3S2/c1-14(21)19-16-4-6-18(7-5-16)25(22,23)20-10-8-15(9-11-20)13-17-3-2-12-24-17/h2-7,12,15H,8-11,13H2,1H3,(H,19,21). The molecule has 1 amide bonds. The first kappa shape index (κ1) is 18.1. The van der Waals surface area contributed by atoms with Crippen LogP contribution >= 0.6 is 11.3 Å². The van der Waals surface area contributed by atoms with Crippen LogP contribution in [-0.2, 0) is 21.2 Å². The Bertz CT molecular complexity index is 807. The first-order valence-corrected chi connectivity index (χ1v) is 10.7. The maximum atomic E-state index is 12.8. The van der Waals surface area contributed by atoms with Crippen molar-refractivity contribution in [3.05, 3.63) is 46.7 Å². The van der Waals surface area contributed by atoms with Gasteiger partial charge in [0.05, 0.1) is 4.90 Å². The van der Waals surface area contributed by atoms with Gasteiger partial charge in [-0.25, -0.2) is 8.42 Å². The van der Waals surface area contributed by atoms with Crippen LogP contribution in [0.3, 0.4) is 0 Å². The Morgan fingerprint density at radius 2 is 1.88 bits per heavy atom. The summed E-state index contributed by atoms with van der Waals surface area (Å²) in [5.74, 6) is 0.371. The van der Waals surface area contributed by atoms with Gasteiger partial charge in [0.15, 0.2) is 0 Å². The first-order chi connectivity index (χ1) is 11.9. The molecule has 1 aliphatic rings. The number of carbonyl (C=O) groups excluding carboxylic acids is 1. The quantitative estimate of drug-likeness (QED) is 0.868. The predicted octanol–water partition coefficient (Wildman–Crippen LogP) is 3.35. The van der Waals surface area contributed by atoms with Crippen LogP contribution in [0, 0.1) is 5.92 Å². The van der Waals surface area contributed by atoms with E-state index in [1.165, 1.54) is 11.8 Å². The molecular weight excluding hydrogens is 356 g/mol. The van der Waals surface area contributed by atoms with E-state index in [0.29, 0.717) is 24.7 Å². The maximum Gasteiger partial charge on any atom is 0.243 e. The van der Waals surface area contributed by atoms with E-state index in [1.807, 2.05) is 0 Å². The van der Waals surface area contributed by atoms with Crippen molar-refractivity contribution in [3.8, 4) is 0 Å². The summed E-state index contributed by atoms with van der Waals surface area (Å²) in [5, 5.41) is 4.73. The molecule has 5 nitrogen and oxygen atoms in total. The average molecular weight is 379 g/mol. The number of sulfonamides is 1. The summed E-state index contributed by atoms with van der Waals surface area (Å²) in [5.41, 5.74) is 0.598. The molecule has 0 spiro atoms. The van der Waals surface area contributed by atoms with Gasteiger partial charge in [0.25, 0.3) is 0 Å². The third-order valence-electron chi connectivity index (χ3n) is 4.46. The molecule has 1 N–H and O–H groups in total. The second kappa shape index (κ2) is 7.68. The van der Waals surface area contributed by atoms with Crippen LogP contribution in [0.15, 0.2) is 46.7 Å². The minimum absolute atomic E-state index is 0.177. The Labute approximate surface area is 152 Å². The average Bonchev–Trinajstić information content (AvgIpc) is 3.08. The van der Waals surface area contributed by atoms with Crippen molar-refractivity contribution >= 4 is 33.0 Å². The summed E-state index contributed by atoms with van der Waals surface area (Å²) >= 11 is 1.76. The van der Waals surface area contributed by atoms with Gasteiger partial charge in [0.1, 0.15) is 0 Å². The van der Waals surface area contributed by atoms with Crippen molar-refractivity contribution in [2.75, 3.05) is 18.4 Å². The molecule has 1 aromatic carbocycles. The van der Waals surface area contributed by atoms with Gasteiger partial charge in [-0.05, 0) is 60.9 Å². The van der Waals surface area contributed by atoms with Gasteiger partial charge in [-0.1, -0.05) is 6.07 Å². The number of benzene rings is 1. The third kappa shape index (κ3) is 4.48. The van der Waals surface area contributed by atoms with Gasteiger partial charge in [0, 0.05) is 30.6 Å². The number of carbonyl (C=O) groups is 1. The van der Waals surface area contributed by atoms with Gasteiger partial charge in [-0.3, -0.25) is 4.79 Å². The van der Waals surface area contributed by atoms with E-state index < -0.39 is 10.0 Å². The van der Waals surface area contributed by atoms with E-state index in [2.05, 4.69) is 22.8 Å². The molecule has 0 radical (unpaired) electrons. The third-order valence-corrected chi connectivity index (χ3v) is 7.27. The summed E-state index contributed by atoms with van der Waals surface area (Å²) in [6.45, 7) is 2.54. The molecule has 0 aliphatic carbocycles. The summed E-state index contributed by atoms with van der Waals surface area (Å²) in [7, 11) is -3.47. The van der Waals surface area contributed by atoms with Crippen molar-refractivity contribution in [1.29, 1.82) is 0 Å². The van der Waals surface area contributed by atoms with E-state index in [4.69, 9.17) is 0 Å². The lowest BCUT2D eigenvalue weighted by atomic mass is 9.94. The highest BCUT2D eigenvalue weighted by atomic mass is 32.2. The van der Waals surface area contributed by atoms with Gasteiger partial charge < -0.3 is 5.32 Å². The Morgan fingerprint density at radius 1 is 1.20 bits per heavy atom. The number of anilines is 1. The molecule has 7 heteroatoms. The SMILES string of the molecule is CC(=O)Nc1ccc(S(=O)(=O)N2CCC(Cc3cccs3)CC2)cc1. The number of rotatable bonds is 5. The van der Waals surface area contributed by atoms with Crippen LogP contribution < -0.4 is 5.32 Å². The van der Waals surface area contributed by atoms with Crippen molar-refractivity contribution < 1.29 is 13.2 Å². The Hall–Kier alpha value is -1.70. The Kier molecular flexibility index (Phi) is 5.56. The van der Waals surface area contributed by atoms with Crippen LogP contribution in [0.2, 0.25) is 0 Å². The monoisotopic (exact) mass is 378 g/mol. The van der Waals surface area contributed by atoms with Crippen LogP contribution in [0.25, 0.3) is 0 Å². The van der Waals surface area contributed by atoms with Crippen molar-refractivity contribution in [2.24, 2.45) is 5.92 Å². The Morgan fingerprint density at radius 3 is 2.44 bits per heavy atom. The number of amides is 1. The number of thiophene rings is 1. The number of piperidine rings is 1. The largest absolute Gasteiger partial charge is 0.326 e. The van der Waals surface area contributed by atoms with Crippen LogP contribution in [-0.4, -0.2) is 31.7 Å². The zero-order chi connectivity index (χ0) is 17.9. The van der Waals surface area contributed by atoms with Gasteiger partial charge in [-0.2, -0.15) is 4.31 Å². The first-order valence-electron chi connectivity index (χ1n) is 8.35. The fourth-order valence-electron chi connectivity index (χ4n) is 3.13. The molecule has 1 aromatic heterocycles. The second-order valence-corrected chi connectivity index (χ2v) is 9.31. The highest BCUT2D eigenvalue weighted by molar-refractivity contribution is 7.89. The smallest absolute Gasteiger partial charge is 0.243 e. The van der Waals surface area contributed by atoms with Gasteiger partial charge in [0.2, 0.25) is 15.9 Å². The fourth-order valence-corrected chi connectivity index (χ4v) is 5.42. The zero-order valence-electron chi connectivity index (χ0n) is 14.1. The highest BCUT2D eigenvalue weighted by Crippen LogP contribution is 2.27. The van der Waals surface area contributed by atoms with Crippen molar-refractivity contribution in [2.45, 2.75) is 31.1 Å². The molecule has 25 heavy (non-hydrogen) atoms. The molecule has 0 bridgehead atoms. The number of hydrogen-bond donors (Lipinski definition) is 1. The zero-order valence-corrected chi connectivity index (χ0v) is 15.8. The lowest BCUT2D eigenvalue weighted by Crippen LogP contribution is -2.38. The van der Waals surface area contributed by atoms with Gasteiger partial charge >= 0.3 is 0 Å². The molecule has 0 atom stereocenters. The molecule has 2 heterocycles. The molecule has 1 saturated heterocycles. The lowest BCUT2D eigenvalue weighted by Gasteiger charge is -2.31. The van der Waals surface area contributed by atoms with Crippen molar-refractivity contribution in [3.63, 3.8) is 0 Å². The number of nitrogens with zero attached hydrogens (tertiary/aromatic N) is 1. The van der Waals surface area contributed by atoms with Gasteiger partial charge in [-0.15, -0.1) is 11.3 Å². The fraction of sp³-hybridized carbons (Fsp3) is 0.389. The maximum absolute atomic E-state index is 12.8. The van der Waals surface area contributed by atoms with E-state index >= 15 is 0 Å². The van der Waals surface area contributed by atoms with Crippen LogP contribution in [0.5, 0.6) is 0 Å².